The highest BCUT2D eigenvalue weighted by molar-refractivity contribution is 5.68. The zero-order chi connectivity index (χ0) is 15.2. The summed E-state index contributed by atoms with van der Waals surface area (Å²) in [6.07, 6.45) is 0.531. The molecule has 0 radical (unpaired) electrons. The predicted octanol–water partition coefficient (Wildman–Crippen LogP) is 3.38. The summed E-state index contributed by atoms with van der Waals surface area (Å²) < 4.78 is 5.34. The summed E-state index contributed by atoms with van der Waals surface area (Å²) in [5.41, 5.74) is 0.568. The van der Waals surface area contributed by atoms with E-state index in [0.29, 0.717) is 6.42 Å². The smallest absolute Gasteiger partial charge is 0.410 e. The summed E-state index contributed by atoms with van der Waals surface area (Å²) in [4.78, 5) is 13.6. The summed E-state index contributed by atoms with van der Waals surface area (Å²) in [5.74, 6) is 0. The molecule has 1 rings (SSSR count). The first-order chi connectivity index (χ1) is 9.33. The summed E-state index contributed by atoms with van der Waals surface area (Å²) in [7, 11) is 1.68. The number of benzene rings is 1. The van der Waals surface area contributed by atoms with Crippen LogP contribution in [0.1, 0.15) is 32.8 Å². The molecule has 0 heterocycles. The van der Waals surface area contributed by atoms with Crippen LogP contribution in [0.2, 0.25) is 0 Å². The first-order valence-electron chi connectivity index (χ1n) is 6.70. The molecule has 0 spiro atoms. The Labute approximate surface area is 121 Å². The summed E-state index contributed by atoms with van der Waals surface area (Å²) >= 11 is 0. The van der Waals surface area contributed by atoms with E-state index in [2.05, 4.69) is 6.07 Å². The van der Waals surface area contributed by atoms with Crippen LogP contribution in [0, 0.1) is 11.3 Å². The van der Waals surface area contributed by atoms with Crippen molar-refractivity contribution in [1.29, 1.82) is 5.26 Å². The van der Waals surface area contributed by atoms with Gasteiger partial charge in [-0.25, -0.2) is 4.79 Å². The summed E-state index contributed by atoms with van der Waals surface area (Å²) in [6.45, 7) is 5.49. The zero-order valence-corrected chi connectivity index (χ0v) is 12.6. The molecule has 0 bridgehead atoms. The van der Waals surface area contributed by atoms with Crippen LogP contribution in [-0.2, 0) is 11.2 Å². The Kier molecular flexibility index (Phi) is 5.57. The van der Waals surface area contributed by atoms with Crippen molar-refractivity contribution in [2.24, 2.45) is 0 Å². The molecule has 0 unspecified atom stereocenters. The molecular formula is C16H22N2O2. The molecule has 20 heavy (non-hydrogen) atoms. The number of carbonyl (C=O) groups excluding carboxylic acids is 1. The van der Waals surface area contributed by atoms with Gasteiger partial charge in [0.15, 0.2) is 0 Å². The fraction of sp³-hybridized carbons (Fsp3) is 0.500. The SMILES string of the molecule is CN(C(=O)OC(C)(C)C)[C@H](CC#N)Cc1ccccc1. The molecule has 4 nitrogen and oxygen atoms in total. The largest absolute Gasteiger partial charge is 0.444 e. The van der Waals surface area contributed by atoms with Crippen molar-refractivity contribution >= 4 is 6.09 Å². The quantitative estimate of drug-likeness (QED) is 0.845. The highest BCUT2D eigenvalue weighted by atomic mass is 16.6. The van der Waals surface area contributed by atoms with Gasteiger partial charge < -0.3 is 9.64 Å². The monoisotopic (exact) mass is 274 g/mol. The van der Waals surface area contributed by atoms with Crippen molar-refractivity contribution in [3.05, 3.63) is 35.9 Å². The van der Waals surface area contributed by atoms with E-state index in [4.69, 9.17) is 10.00 Å². The van der Waals surface area contributed by atoms with Crippen LogP contribution in [0.25, 0.3) is 0 Å². The van der Waals surface area contributed by atoms with Crippen molar-refractivity contribution in [3.63, 3.8) is 0 Å². The lowest BCUT2D eigenvalue weighted by molar-refractivity contribution is 0.0225. The Balaban J connectivity index is 2.75. The first-order valence-corrected chi connectivity index (χ1v) is 6.70. The topological polar surface area (TPSA) is 53.3 Å². The Morgan fingerprint density at radius 3 is 2.45 bits per heavy atom. The molecule has 108 valence electrons. The highest BCUT2D eigenvalue weighted by Crippen LogP contribution is 2.15. The van der Waals surface area contributed by atoms with Crippen LogP contribution < -0.4 is 0 Å². The Morgan fingerprint density at radius 2 is 1.95 bits per heavy atom. The van der Waals surface area contributed by atoms with Crippen molar-refractivity contribution in [1.82, 2.24) is 4.90 Å². The van der Waals surface area contributed by atoms with Gasteiger partial charge in [0.1, 0.15) is 5.60 Å². The number of rotatable bonds is 4. The van der Waals surface area contributed by atoms with Crippen molar-refractivity contribution in [2.45, 2.75) is 45.3 Å². The van der Waals surface area contributed by atoms with Crippen LogP contribution in [0.5, 0.6) is 0 Å². The predicted molar refractivity (Wildman–Crippen MR) is 78.2 cm³/mol. The molecule has 0 aliphatic rings. The molecule has 1 aromatic carbocycles. The summed E-state index contributed by atoms with van der Waals surface area (Å²) in [5, 5.41) is 8.95. The molecule has 0 aliphatic carbocycles. The van der Waals surface area contributed by atoms with Gasteiger partial charge in [0.2, 0.25) is 0 Å². The maximum atomic E-state index is 12.1. The second kappa shape index (κ2) is 6.95. The van der Waals surface area contributed by atoms with Gasteiger partial charge in [-0.3, -0.25) is 0 Å². The number of carbonyl (C=O) groups is 1. The molecule has 1 atom stereocenters. The van der Waals surface area contributed by atoms with Gasteiger partial charge in [0.05, 0.1) is 18.5 Å². The second-order valence-electron chi connectivity index (χ2n) is 5.80. The molecule has 0 fully saturated rings. The molecule has 0 saturated carbocycles. The normalized spacial score (nSPS) is 12.3. The fourth-order valence-corrected chi connectivity index (χ4v) is 1.82. The van der Waals surface area contributed by atoms with E-state index in [1.807, 2.05) is 51.1 Å². The van der Waals surface area contributed by atoms with Crippen LogP contribution in [0.15, 0.2) is 30.3 Å². The molecule has 0 aromatic heterocycles. The van der Waals surface area contributed by atoms with Gasteiger partial charge in [0, 0.05) is 7.05 Å². The molecule has 1 aromatic rings. The van der Waals surface area contributed by atoms with E-state index in [1.165, 1.54) is 4.90 Å². The number of amides is 1. The number of ether oxygens (including phenoxy) is 1. The van der Waals surface area contributed by atoms with Gasteiger partial charge >= 0.3 is 6.09 Å². The average molecular weight is 274 g/mol. The summed E-state index contributed by atoms with van der Waals surface area (Å²) in [6, 6.07) is 11.8. The third kappa shape index (κ3) is 5.31. The van der Waals surface area contributed by atoms with Crippen LogP contribution in [-0.4, -0.2) is 29.7 Å². The molecule has 1 amide bonds. The first kappa shape index (κ1) is 16.0. The number of nitrogens with zero attached hydrogens (tertiary/aromatic N) is 2. The second-order valence-corrected chi connectivity index (χ2v) is 5.80. The fourth-order valence-electron chi connectivity index (χ4n) is 1.82. The Bertz CT molecular complexity index is 471. The maximum Gasteiger partial charge on any atom is 0.410 e. The Morgan fingerprint density at radius 1 is 1.35 bits per heavy atom. The minimum atomic E-state index is -0.532. The van der Waals surface area contributed by atoms with E-state index in [9.17, 15) is 4.79 Å². The van der Waals surface area contributed by atoms with Gasteiger partial charge in [-0.05, 0) is 32.8 Å². The lowest BCUT2D eigenvalue weighted by Crippen LogP contribution is -2.41. The van der Waals surface area contributed by atoms with Crippen molar-refractivity contribution in [2.75, 3.05) is 7.05 Å². The third-order valence-corrected chi connectivity index (χ3v) is 2.87. The van der Waals surface area contributed by atoms with Crippen molar-refractivity contribution < 1.29 is 9.53 Å². The maximum absolute atomic E-state index is 12.1. The number of nitriles is 1. The van der Waals surface area contributed by atoms with E-state index < -0.39 is 11.7 Å². The van der Waals surface area contributed by atoms with Crippen molar-refractivity contribution in [3.8, 4) is 6.07 Å². The number of likely N-dealkylation sites (N-methyl/N-ethyl adjacent to an activating group) is 1. The molecule has 0 saturated heterocycles. The van der Waals surface area contributed by atoms with E-state index in [-0.39, 0.29) is 12.5 Å². The minimum absolute atomic E-state index is 0.183. The average Bonchev–Trinajstić information content (AvgIpc) is 2.36. The van der Waals surface area contributed by atoms with Gasteiger partial charge in [-0.1, -0.05) is 30.3 Å². The number of hydrogen-bond donors (Lipinski definition) is 0. The van der Waals surface area contributed by atoms with Gasteiger partial charge in [-0.15, -0.1) is 0 Å². The molecule has 0 N–H and O–H groups in total. The van der Waals surface area contributed by atoms with E-state index in [1.54, 1.807) is 7.05 Å². The molecular weight excluding hydrogens is 252 g/mol. The lowest BCUT2D eigenvalue weighted by atomic mass is 10.0. The molecule has 0 aliphatic heterocycles. The number of hydrogen-bond acceptors (Lipinski definition) is 3. The van der Waals surface area contributed by atoms with Gasteiger partial charge in [-0.2, -0.15) is 5.26 Å². The standard InChI is InChI=1S/C16H22N2O2/c1-16(2,3)20-15(19)18(4)14(10-11-17)12-13-8-6-5-7-9-13/h5-9,14H,10,12H2,1-4H3/t14-/m1/s1. The van der Waals surface area contributed by atoms with Crippen LogP contribution >= 0.6 is 0 Å². The van der Waals surface area contributed by atoms with Crippen LogP contribution in [0.4, 0.5) is 4.79 Å². The lowest BCUT2D eigenvalue weighted by Gasteiger charge is -2.29. The highest BCUT2D eigenvalue weighted by Gasteiger charge is 2.25. The van der Waals surface area contributed by atoms with Gasteiger partial charge in [0.25, 0.3) is 0 Å². The zero-order valence-electron chi connectivity index (χ0n) is 12.6. The third-order valence-electron chi connectivity index (χ3n) is 2.87. The minimum Gasteiger partial charge on any atom is -0.444 e. The van der Waals surface area contributed by atoms with E-state index in [0.717, 1.165) is 5.56 Å². The molecule has 4 heteroatoms. The van der Waals surface area contributed by atoms with E-state index >= 15 is 0 Å². The van der Waals surface area contributed by atoms with Crippen LogP contribution in [0.3, 0.4) is 0 Å². The Hall–Kier alpha value is -2.02.